The van der Waals surface area contributed by atoms with E-state index in [1.165, 1.54) is 6.42 Å². The number of carboxylic acid groups (broad SMARTS) is 1. The van der Waals surface area contributed by atoms with Gasteiger partial charge < -0.3 is 10.8 Å². The topological polar surface area (TPSA) is 75.7 Å². The second-order valence-corrected chi connectivity index (χ2v) is 3.44. The number of rotatable bonds is 4. The standard InChI is InChI=1S/C9H16N2O2/c1-2-7(9(12)13)8(10)11-6-4-3-5-6/h6-7H,2-5H2,1H3,(H2,10,11)(H,12,13)/t7-/m0/s1. The van der Waals surface area contributed by atoms with Crippen molar-refractivity contribution in [2.75, 3.05) is 0 Å². The summed E-state index contributed by atoms with van der Waals surface area (Å²) < 4.78 is 0. The molecule has 0 radical (unpaired) electrons. The van der Waals surface area contributed by atoms with Crippen molar-refractivity contribution in [1.29, 1.82) is 0 Å². The molecule has 0 aromatic heterocycles. The third kappa shape index (κ3) is 2.44. The molecule has 1 aliphatic carbocycles. The molecule has 0 amide bonds. The molecule has 0 spiro atoms. The van der Waals surface area contributed by atoms with Crippen molar-refractivity contribution in [3.63, 3.8) is 0 Å². The monoisotopic (exact) mass is 184 g/mol. The molecule has 4 nitrogen and oxygen atoms in total. The third-order valence-corrected chi connectivity index (χ3v) is 2.47. The number of hydrogen-bond donors (Lipinski definition) is 2. The molecule has 4 heteroatoms. The zero-order valence-electron chi connectivity index (χ0n) is 7.86. The van der Waals surface area contributed by atoms with E-state index < -0.39 is 11.9 Å². The first-order valence-electron chi connectivity index (χ1n) is 4.71. The van der Waals surface area contributed by atoms with Gasteiger partial charge in [-0.05, 0) is 25.7 Å². The van der Waals surface area contributed by atoms with Crippen LogP contribution in [0.5, 0.6) is 0 Å². The van der Waals surface area contributed by atoms with Crippen LogP contribution in [-0.4, -0.2) is 23.0 Å². The van der Waals surface area contributed by atoms with E-state index in [0.29, 0.717) is 12.3 Å². The van der Waals surface area contributed by atoms with Gasteiger partial charge in [0.15, 0.2) is 0 Å². The number of hydrogen-bond acceptors (Lipinski definition) is 2. The van der Waals surface area contributed by atoms with Crippen LogP contribution in [0, 0.1) is 5.92 Å². The van der Waals surface area contributed by atoms with E-state index in [-0.39, 0.29) is 6.04 Å². The van der Waals surface area contributed by atoms with Crippen LogP contribution >= 0.6 is 0 Å². The van der Waals surface area contributed by atoms with Crippen LogP contribution in [0.25, 0.3) is 0 Å². The van der Waals surface area contributed by atoms with Gasteiger partial charge in [0.1, 0.15) is 11.8 Å². The molecule has 0 heterocycles. The van der Waals surface area contributed by atoms with Crippen LogP contribution in [0.4, 0.5) is 0 Å². The van der Waals surface area contributed by atoms with Crippen molar-refractivity contribution in [2.45, 2.75) is 38.6 Å². The highest BCUT2D eigenvalue weighted by Gasteiger charge is 2.22. The lowest BCUT2D eigenvalue weighted by Gasteiger charge is -2.22. The Morgan fingerprint density at radius 2 is 2.31 bits per heavy atom. The Bertz CT molecular complexity index is 222. The number of aliphatic imine (C=N–C) groups is 1. The van der Waals surface area contributed by atoms with Crippen molar-refractivity contribution in [3.05, 3.63) is 0 Å². The predicted molar refractivity (Wildman–Crippen MR) is 50.7 cm³/mol. The van der Waals surface area contributed by atoms with E-state index in [2.05, 4.69) is 4.99 Å². The molecule has 1 saturated carbocycles. The van der Waals surface area contributed by atoms with Gasteiger partial charge in [0.05, 0.1) is 6.04 Å². The van der Waals surface area contributed by atoms with Gasteiger partial charge in [-0.2, -0.15) is 0 Å². The zero-order valence-corrected chi connectivity index (χ0v) is 7.86. The predicted octanol–water partition coefficient (Wildman–Crippen LogP) is 1.01. The molecule has 3 N–H and O–H groups in total. The van der Waals surface area contributed by atoms with Gasteiger partial charge in [0.2, 0.25) is 0 Å². The van der Waals surface area contributed by atoms with Gasteiger partial charge in [-0.1, -0.05) is 6.92 Å². The van der Waals surface area contributed by atoms with E-state index in [0.717, 1.165) is 12.8 Å². The van der Waals surface area contributed by atoms with Crippen LogP contribution in [0.1, 0.15) is 32.6 Å². The SMILES string of the molecule is CC[C@H](C(=O)O)C(N)=NC1CCC1. The summed E-state index contributed by atoms with van der Waals surface area (Å²) >= 11 is 0. The van der Waals surface area contributed by atoms with Crippen molar-refractivity contribution in [1.82, 2.24) is 0 Å². The smallest absolute Gasteiger partial charge is 0.314 e. The van der Waals surface area contributed by atoms with E-state index >= 15 is 0 Å². The summed E-state index contributed by atoms with van der Waals surface area (Å²) in [5, 5.41) is 8.79. The Balaban J connectivity index is 2.56. The summed E-state index contributed by atoms with van der Waals surface area (Å²) in [7, 11) is 0. The molecular weight excluding hydrogens is 168 g/mol. The Morgan fingerprint density at radius 1 is 1.69 bits per heavy atom. The van der Waals surface area contributed by atoms with Gasteiger partial charge in [-0.25, -0.2) is 0 Å². The van der Waals surface area contributed by atoms with Crippen LogP contribution in [0.3, 0.4) is 0 Å². The largest absolute Gasteiger partial charge is 0.481 e. The van der Waals surface area contributed by atoms with Crippen molar-refractivity contribution in [2.24, 2.45) is 16.6 Å². The Labute approximate surface area is 77.8 Å². The summed E-state index contributed by atoms with van der Waals surface area (Å²) in [5.41, 5.74) is 5.61. The summed E-state index contributed by atoms with van der Waals surface area (Å²) in [5.74, 6) is -1.18. The van der Waals surface area contributed by atoms with Crippen molar-refractivity contribution >= 4 is 11.8 Å². The maximum Gasteiger partial charge on any atom is 0.314 e. The molecule has 1 rings (SSSR count). The molecule has 0 saturated heterocycles. The maximum atomic E-state index is 10.7. The summed E-state index contributed by atoms with van der Waals surface area (Å²) in [6.45, 7) is 1.81. The molecule has 0 aliphatic heterocycles. The summed E-state index contributed by atoms with van der Waals surface area (Å²) in [4.78, 5) is 14.9. The zero-order chi connectivity index (χ0) is 9.84. The second kappa shape index (κ2) is 4.25. The van der Waals surface area contributed by atoms with Crippen molar-refractivity contribution in [3.8, 4) is 0 Å². The Hall–Kier alpha value is -1.06. The third-order valence-electron chi connectivity index (χ3n) is 2.47. The van der Waals surface area contributed by atoms with Crippen LogP contribution in [0.15, 0.2) is 4.99 Å². The van der Waals surface area contributed by atoms with Gasteiger partial charge in [0, 0.05) is 0 Å². The molecule has 1 aliphatic rings. The Kier molecular flexibility index (Phi) is 3.28. The van der Waals surface area contributed by atoms with E-state index in [1.54, 1.807) is 0 Å². The van der Waals surface area contributed by atoms with E-state index in [9.17, 15) is 4.79 Å². The number of aliphatic carboxylic acids is 1. The fourth-order valence-corrected chi connectivity index (χ4v) is 1.33. The minimum Gasteiger partial charge on any atom is -0.481 e. The normalized spacial score (nSPS) is 20.8. The van der Waals surface area contributed by atoms with Gasteiger partial charge in [-0.15, -0.1) is 0 Å². The Morgan fingerprint density at radius 3 is 2.62 bits per heavy atom. The quantitative estimate of drug-likeness (QED) is 0.505. The number of carboxylic acids is 1. The fourth-order valence-electron chi connectivity index (χ4n) is 1.33. The lowest BCUT2D eigenvalue weighted by molar-refractivity contribution is -0.139. The highest BCUT2D eigenvalue weighted by Crippen LogP contribution is 2.22. The average Bonchev–Trinajstić information content (AvgIpc) is 1.97. The molecule has 0 aromatic rings. The van der Waals surface area contributed by atoms with Crippen LogP contribution in [-0.2, 0) is 4.79 Å². The van der Waals surface area contributed by atoms with Gasteiger partial charge in [0.25, 0.3) is 0 Å². The molecule has 0 unspecified atom stereocenters. The number of nitrogens with zero attached hydrogens (tertiary/aromatic N) is 1. The molecule has 0 bridgehead atoms. The first-order chi connectivity index (χ1) is 6.15. The molecule has 74 valence electrons. The molecule has 13 heavy (non-hydrogen) atoms. The van der Waals surface area contributed by atoms with Gasteiger partial charge in [-0.3, -0.25) is 9.79 Å². The number of carbonyl (C=O) groups is 1. The number of amidine groups is 1. The minimum absolute atomic E-state index is 0.286. The molecule has 1 fully saturated rings. The fraction of sp³-hybridized carbons (Fsp3) is 0.778. The molecule has 1 atom stereocenters. The minimum atomic E-state index is -0.872. The average molecular weight is 184 g/mol. The highest BCUT2D eigenvalue weighted by molar-refractivity contribution is 5.99. The van der Waals surface area contributed by atoms with Crippen LogP contribution < -0.4 is 5.73 Å². The lowest BCUT2D eigenvalue weighted by atomic mass is 9.93. The second-order valence-electron chi connectivity index (χ2n) is 3.44. The first kappa shape index (κ1) is 10.0. The highest BCUT2D eigenvalue weighted by atomic mass is 16.4. The summed E-state index contributed by atoms with van der Waals surface area (Å²) in [6.07, 6.45) is 3.80. The molecular formula is C9H16N2O2. The van der Waals surface area contributed by atoms with E-state index in [4.69, 9.17) is 10.8 Å². The van der Waals surface area contributed by atoms with Gasteiger partial charge >= 0.3 is 5.97 Å². The summed E-state index contributed by atoms with van der Waals surface area (Å²) in [6, 6.07) is 0.286. The first-order valence-corrected chi connectivity index (χ1v) is 4.71. The van der Waals surface area contributed by atoms with E-state index in [1.807, 2.05) is 6.92 Å². The maximum absolute atomic E-state index is 10.7. The van der Waals surface area contributed by atoms with Crippen molar-refractivity contribution < 1.29 is 9.90 Å². The van der Waals surface area contributed by atoms with Crippen LogP contribution in [0.2, 0.25) is 0 Å². The number of nitrogens with two attached hydrogens (primary N) is 1. The lowest BCUT2D eigenvalue weighted by Crippen LogP contribution is -2.32. The molecule has 0 aromatic carbocycles.